The minimum atomic E-state index is -4.45. The van der Waals surface area contributed by atoms with Gasteiger partial charge in [0, 0.05) is 0 Å². The van der Waals surface area contributed by atoms with Gasteiger partial charge in [-0.25, -0.2) is 0 Å². The van der Waals surface area contributed by atoms with Gasteiger partial charge in [-0.1, -0.05) is 47.9 Å². The molecule has 1 aliphatic rings. The van der Waals surface area contributed by atoms with E-state index in [-0.39, 0.29) is 0 Å². The monoisotopic (exact) mass is 391 g/mol. The van der Waals surface area contributed by atoms with E-state index >= 15 is 0 Å². The van der Waals surface area contributed by atoms with Crippen LogP contribution >= 0.6 is 0 Å². The molecule has 1 saturated heterocycles. The third-order valence-corrected chi connectivity index (χ3v) is 5.25. The van der Waals surface area contributed by atoms with E-state index in [2.05, 4.69) is 0 Å². The van der Waals surface area contributed by atoms with Crippen LogP contribution in [-0.4, -0.2) is 28.6 Å². The largest absolute Gasteiger partial charge is 0.480 e. The van der Waals surface area contributed by atoms with Gasteiger partial charge in [0.25, 0.3) is 0 Å². The summed E-state index contributed by atoms with van der Waals surface area (Å²) in [7, 11) is 0. The molecule has 2 unspecified atom stereocenters. The molecule has 1 heterocycles. The van der Waals surface area contributed by atoms with Crippen LogP contribution in [-0.2, 0) is 11.0 Å². The average Bonchev–Trinajstić information content (AvgIpc) is 2.61. The van der Waals surface area contributed by atoms with Crippen molar-refractivity contribution in [1.29, 1.82) is 0 Å². The molecule has 0 amide bonds. The second kappa shape index (κ2) is 7.95. The lowest BCUT2D eigenvalue weighted by Gasteiger charge is -2.40. The fraction of sp³-hybridized carbons (Fsp3) is 0.409. The molecule has 1 aliphatic heterocycles. The summed E-state index contributed by atoms with van der Waals surface area (Å²) in [5.74, 6) is -0.930. The maximum atomic E-state index is 13.3. The number of benzene rings is 2. The molecular formula is C22H24F3NO2. The van der Waals surface area contributed by atoms with Crippen LogP contribution in [0.1, 0.15) is 53.1 Å². The maximum absolute atomic E-state index is 13.3. The fourth-order valence-corrected chi connectivity index (χ4v) is 4.16. The van der Waals surface area contributed by atoms with Gasteiger partial charge in [-0.15, -0.1) is 0 Å². The second-order valence-corrected chi connectivity index (χ2v) is 7.53. The van der Waals surface area contributed by atoms with Gasteiger partial charge in [-0.05, 0) is 56.5 Å². The van der Waals surface area contributed by atoms with Crippen molar-refractivity contribution in [3.8, 4) is 0 Å². The number of aryl methyl sites for hydroxylation is 2. The summed E-state index contributed by atoms with van der Waals surface area (Å²) in [5.41, 5.74) is 2.56. The molecule has 0 bridgehead atoms. The highest BCUT2D eigenvalue weighted by Crippen LogP contribution is 2.37. The zero-order valence-electron chi connectivity index (χ0n) is 16.0. The van der Waals surface area contributed by atoms with Crippen LogP contribution in [0.4, 0.5) is 13.2 Å². The number of likely N-dealkylation sites (tertiary alicyclic amines) is 1. The Hall–Kier alpha value is -2.34. The van der Waals surface area contributed by atoms with Crippen molar-refractivity contribution in [3.05, 3.63) is 70.3 Å². The van der Waals surface area contributed by atoms with Crippen LogP contribution < -0.4 is 0 Å². The molecule has 1 N–H and O–H groups in total. The highest BCUT2D eigenvalue weighted by Gasteiger charge is 2.37. The number of carboxylic acids is 1. The van der Waals surface area contributed by atoms with Crippen LogP contribution in [0.5, 0.6) is 0 Å². The van der Waals surface area contributed by atoms with Gasteiger partial charge in [-0.2, -0.15) is 13.2 Å². The molecule has 3 rings (SSSR count). The molecule has 2 aromatic carbocycles. The van der Waals surface area contributed by atoms with Gasteiger partial charge < -0.3 is 5.11 Å². The van der Waals surface area contributed by atoms with Crippen molar-refractivity contribution in [2.75, 3.05) is 6.54 Å². The van der Waals surface area contributed by atoms with Gasteiger partial charge >= 0.3 is 12.1 Å². The molecule has 6 heteroatoms. The van der Waals surface area contributed by atoms with Crippen LogP contribution in [0.3, 0.4) is 0 Å². The average molecular weight is 391 g/mol. The maximum Gasteiger partial charge on any atom is 0.416 e. The van der Waals surface area contributed by atoms with Gasteiger partial charge in [0.05, 0.1) is 11.6 Å². The standard InChI is InChI=1S/C22H24F3NO2/c1-14-10-15(2)12-17(11-14)20(26-9-4-3-8-19(26)21(27)28)16-6-5-7-18(13-16)22(23,24)25/h5-7,10-13,19-20H,3-4,8-9H2,1-2H3,(H,27,28). The van der Waals surface area contributed by atoms with Crippen molar-refractivity contribution in [1.82, 2.24) is 4.90 Å². The minimum absolute atomic E-state index is 0.466. The van der Waals surface area contributed by atoms with Crippen LogP contribution in [0.2, 0.25) is 0 Å². The number of halogens is 3. The summed E-state index contributed by atoms with van der Waals surface area (Å²) >= 11 is 0. The zero-order valence-corrected chi connectivity index (χ0v) is 16.0. The van der Waals surface area contributed by atoms with E-state index in [0.717, 1.165) is 41.7 Å². The lowest BCUT2D eigenvalue weighted by Crippen LogP contribution is -2.46. The number of carboxylic acid groups (broad SMARTS) is 1. The van der Waals surface area contributed by atoms with Crippen LogP contribution in [0.25, 0.3) is 0 Å². The van der Waals surface area contributed by atoms with Gasteiger partial charge in [-0.3, -0.25) is 9.69 Å². The van der Waals surface area contributed by atoms with E-state index in [0.29, 0.717) is 18.5 Å². The number of nitrogens with zero attached hydrogens (tertiary/aromatic N) is 1. The second-order valence-electron chi connectivity index (χ2n) is 7.53. The first kappa shape index (κ1) is 20.4. The van der Waals surface area contributed by atoms with Crippen molar-refractivity contribution >= 4 is 5.97 Å². The third-order valence-electron chi connectivity index (χ3n) is 5.25. The summed E-state index contributed by atoms with van der Waals surface area (Å²) in [6.45, 7) is 4.40. The molecule has 0 radical (unpaired) electrons. The number of hydrogen-bond acceptors (Lipinski definition) is 2. The van der Waals surface area contributed by atoms with E-state index in [4.69, 9.17) is 0 Å². The lowest BCUT2D eigenvalue weighted by atomic mass is 9.89. The molecular weight excluding hydrogens is 367 g/mol. The van der Waals surface area contributed by atoms with Crippen molar-refractivity contribution in [2.24, 2.45) is 0 Å². The summed E-state index contributed by atoms with van der Waals surface area (Å²) in [5, 5.41) is 9.72. The number of piperidine rings is 1. The first-order chi connectivity index (χ1) is 13.2. The quantitative estimate of drug-likeness (QED) is 0.764. The molecule has 150 valence electrons. The van der Waals surface area contributed by atoms with Gasteiger partial charge in [0.15, 0.2) is 0 Å². The Balaban J connectivity index is 2.16. The fourth-order valence-electron chi connectivity index (χ4n) is 4.16. The van der Waals surface area contributed by atoms with E-state index in [1.54, 1.807) is 6.07 Å². The van der Waals surface area contributed by atoms with Crippen molar-refractivity contribution in [3.63, 3.8) is 0 Å². The third kappa shape index (κ3) is 4.38. The summed E-state index contributed by atoms with van der Waals surface area (Å²) < 4.78 is 39.9. The molecule has 3 nitrogen and oxygen atoms in total. The Morgan fingerprint density at radius 1 is 1.07 bits per heavy atom. The van der Waals surface area contributed by atoms with E-state index in [9.17, 15) is 23.1 Å². The summed E-state index contributed by atoms with van der Waals surface area (Å²) in [6, 6.07) is 9.87. The topological polar surface area (TPSA) is 40.5 Å². The van der Waals surface area contributed by atoms with E-state index in [1.165, 1.54) is 6.07 Å². The highest BCUT2D eigenvalue weighted by molar-refractivity contribution is 5.73. The molecule has 0 aliphatic carbocycles. The first-order valence-corrected chi connectivity index (χ1v) is 9.40. The van der Waals surface area contributed by atoms with E-state index < -0.39 is 29.8 Å². The highest BCUT2D eigenvalue weighted by atomic mass is 19.4. The smallest absolute Gasteiger partial charge is 0.416 e. The molecule has 28 heavy (non-hydrogen) atoms. The molecule has 2 aromatic rings. The van der Waals surface area contributed by atoms with Gasteiger partial charge in [0.1, 0.15) is 6.04 Å². The Labute approximate surface area is 162 Å². The van der Waals surface area contributed by atoms with E-state index in [1.807, 2.05) is 36.9 Å². The molecule has 0 saturated carbocycles. The number of aliphatic carboxylic acids is 1. The molecule has 0 spiro atoms. The van der Waals surface area contributed by atoms with Gasteiger partial charge in [0.2, 0.25) is 0 Å². The van der Waals surface area contributed by atoms with Crippen LogP contribution in [0, 0.1) is 13.8 Å². The molecule has 2 atom stereocenters. The Kier molecular flexibility index (Phi) is 5.79. The SMILES string of the molecule is Cc1cc(C)cc(C(c2cccc(C(F)(F)F)c2)N2CCCCC2C(=O)O)c1. The Bertz CT molecular complexity index is 843. The number of rotatable bonds is 4. The number of carbonyl (C=O) groups is 1. The predicted molar refractivity (Wildman–Crippen MR) is 101 cm³/mol. The Morgan fingerprint density at radius 2 is 1.75 bits per heavy atom. The van der Waals surface area contributed by atoms with Crippen molar-refractivity contribution < 1.29 is 23.1 Å². The van der Waals surface area contributed by atoms with Crippen LogP contribution in [0.15, 0.2) is 42.5 Å². The minimum Gasteiger partial charge on any atom is -0.480 e. The number of alkyl halides is 3. The lowest BCUT2D eigenvalue weighted by molar-refractivity contribution is -0.145. The molecule has 1 fully saturated rings. The molecule has 0 aromatic heterocycles. The summed E-state index contributed by atoms with van der Waals surface area (Å²) in [4.78, 5) is 13.7. The number of hydrogen-bond donors (Lipinski definition) is 1. The van der Waals surface area contributed by atoms with Crippen molar-refractivity contribution in [2.45, 2.75) is 51.4 Å². The predicted octanol–water partition coefficient (Wildman–Crippen LogP) is 5.35. The summed E-state index contributed by atoms with van der Waals surface area (Å²) in [6.07, 6.45) is -2.33. The normalized spacial score (nSPS) is 19.4. The zero-order chi connectivity index (χ0) is 20.5. The Morgan fingerprint density at radius 3 is 2.36 bits per heavy atom. The first-order valence-electron chi connectivity index (χ1n) is 9.40.